The van der Waals surface area contributed by atoms with Gasteiger partial charge in [-0.05, 0) is 41.5 Å². The Hall–Kier alpha value is -0.823. The lowest BCUT2D eigenvalue weighted by atomic mass is 9.95. The maximum atomic E-state index is 2.42. The monoisotopic (exact) mass is 258 g/mol. The molecular weight excluding hydrogens is 232 g/mol. The van der Waals surface area contributed by atoms with E-state index in [1.165, 1.54) is 53.5 Å². The van der Waals surface area contributed by atoms with Gasteiger partial charge < -0.3 is 0 Å². The van der Waals surface area contributed by atoms with E-state index in [1.54, 1.807) is 11.1 Å². The van der Waals surface area contributed by atoms with Gasteiger partial charge in [0.1, 0.15) is 0 Å². The summed E-state index contributed by atoms with van der Waals surface area (Å²) in [6.07, 6.45) is 9.07. The molecule has 0 saturated carbocycles. The molecule has 2 rings (SSSR count). The first-order valence-corrected chi connectivity index (χ1v) is 8.38. The minimum absolute atomic E-state index is 0.371. The van der Waals surface area contributed by atoms with Crippen LogP contribution in [0.4, 0.5) is 0 Å². The Labute approximate surface area is 115 Å². The highest BCUT2D eigenvalue weighted by Crippen LogP contribution is 2.39. The van der Waals surface area contributed by atoms with Crippen molar-refractivity contribution in [2.45, 2.75) is 57.9 Å². The van der Waals surface area contributed by atoms with Crippen LogP contribution in [0, 0.1) is 0 Å². The fraction of sp³-hybridized carbons (Fsp3) is 0.529. The van der Waals surface area contributed by atoms with Crippen LogP contribution < -0.4 is 0 Å². The van der Waals surface area contributed by atoms with E-state index in [9.17, 15) is 0 Å². The van der Waals surface area contributed by atoms with E-state index in [2.05, 4.69) is 45.0 Å². The molecule has 1 aromatic rings. The standard InChI is InChI=1S/C17H26Si/c1-4-5-6-7-8-14-9-10-16-15(12-14)11-13(2)17(16,3)18/h9-12H,4-8H2,1-3,18H3. The zero-order valence-electron chi connectivity index (χ0n) is 12.3. The Bertz CT molecular complexity index is 455. The minimum atomic E-state index is 0.371. The molecule has 0 bridgehead atoms. The van der Waals surface area contributed by atoms with Crippen LogP contribution in [0.2, 0.25) is 0 Å². The Kier molecular flexibility index (Phi) is 4.11. The lowest BCUT2D eigenvalue weighted by Gasteiger charge is -2.22. The van der Waals surface area contributed by atoms with Gasteiger partial charge in [0.15, 0.2) is 0 Å². The summed E-state index contributed by atoms with van der Waals surface area (Å²) in [5.74, 6) is 0. The van der Waals surface area contributed by atoms with Gasteiger partial charge in [-0.1, -0.05) is 63.0 Å². The molecule has 1 atom stereocenters. The van der Waals surface area contributed by atoms with Gasteiger partial charge in [0.05, 0.1) is 0 Å². The summed E-state index contributed by atoms with van der Waals surface area (Å²) in [4.78, 5) is 0. The van der Waals surface area contributed by atoms with Gasteiger partial charge in [-0.2, -0.15) is 0 Å². The lowest BCUT2D eigenvalue weighted by Crippen LogP contribution is -2.20. The maximum Gasteiger partial charge on any atom is 0.0210 e. The van der Waals surface area contributed by atoms with Crippen LogP contribution in [0.3, 0.4) is 0 Å². The van der Waals surface area contributed by atoms with E-state index in [4.69, 9.17) is 0 Å². The van der Waals surface area contributed by atoms with Gasteiger partial charge >= 0.3 is 0 Å². The number of benzene rings is 1. The lowest BCUT2D eigenvalue weighted by molar-refractivity contribution is 0.666. The highest BCUT2D eigenvalue weighted by Gasteiger charge is 2.29. The summed E-state index contributed by atoms with van der Waals surface area (Å²) in [5, 5.41) is 0.371. The Morgan fingerprint density at radius 1 is 1.17 bits per heavy atom. The van der Waals surface area contributed by atoms with Crippen LogP contribution in [0.1, 0.15) is 63.1 Å². The topological polar surface area (TPSA) is 0 Å². The van der Waals surface area contributed by atoms with Gasteiger partial charge in [0.25, 0.3) is 0 Å². The molecule has 98 valence electrons. The first-order chi connectivity index (χ1) is 8.55. The molecule has 0 nitrogen and oxygen atoms in total. The second-order valence-corrected chi connectivity index (χ2v) is 8.18. The quantitative estimate of drug-likeness (QED) is 0.556. The Balaban J connectivity index is 2.08. The van der Waals surface area contributed by atoms with E-state index in [-0.39, 0.29) is 0 Å². The Morgan fingerprint density at radius 2 is 1.94 bits per heavy atom. The van der Waals surface area contributed by atoms with Crippen molar-refractivity contribution in [3.8, 4) is 0 Å². The van der Waals surface area contributed by atoms with E-state index in [0.717, 1.165) is 0 Å². The highest BCUT2D eigenvalue weighted by molar-refractivity contribution is 6.19. The van der Waals surface area contributed by atoms with Crippen molar-refractivity contribution in [2.24, 2.45) is 0 Å². The average molecular weight is 258 g/mol. The number of hydrogen-bond donors (Lipinski definition) is 0. The molecule has 0 N–H and O–H groups in total. The molecule has 1 aliphatic carbocycles. The predicted octanol–water partition coefficient (Wildman–Crippen LogP) is 3.81. The number of fused-ring (bicyclic) bond motifs is 1. The van der Waals surface area contributed by atoms with Crippen LogP contribution in [0.25, 0.3) is 6.08 Å². The third kappa shape index (κ3) is 2.61. The molecule has 0 saturated heterocycles. The molecule has 0 spiro atoms. The van der Waals surface area contributed by atoms with E-state index in [0.29, 0.717) is 5.04 Å². The summed E-state index contributed by atoms with van der Waals surface area (Å²) >= 11 is 0. The van der Waals surface area contributed by atoms with Crippen LogP contribution in [-0.2, 0) is 11.5 Å². The van der Waals surface area contributed by atoms with E-state index < -0.39 is 0 Å². The van der Waals surface area contributed by atoms with Crippen molar-refractivity contribution >= 4 is 16.3 Å². The van der Waals surface area contributed by atoms with Gasteiger partial charge in [-0.15, -0.1) is 0 Å². The van der Waals surface area contributed by atoms with Gasteiger partial charge in [0.2, 0.25) is 0 Å². The molecule has 18 heavy (non-hydrogen) atoms. The summed E-state index contributed by atoms with van der Waals surface area (Å²) in [5.41, 5.74) is 6.11. The predicted molar refractivity (Wildman–Crippen MR) is 85.2 cm³/mol. The zero-order valence-corrected chi connectivity index (χ0v) is 14.3. The first-order valence-electron chi connectivity index (χ1n) is 7.38. The van der Waals surface area contributed by atoms with Crippen molar-refractivity contribution in [1.29, 1.82) is 0 Å². The number of allylic oxidation sites excluding steroid dienone is 1. The van der Waals surface area contributed by atoms with Crippen molar-refractivity contribution in [2.75, 3.05) is 0 Å². The third-order valence-electron chi connectivity index (χ3n) is 4.47. The molecule has 0 heterocycles. The van der Waals surface area contributed by atoms with Crippen LogP contribution >= 0.6 is 0 Å². The third-order valence-corrected chi connectivity index (χ3v) is 5.79. The largest absolute Gasteiger partial charge is 0.0662 e. The molecule has 0 aliphatic heterocycles. The molecule has 1 heteroatoms. The molecular formula is C17H26Si. The first kappa shape index (κ1) is 13.6. The van der Waals surface area contributed by atoms with Crippen LogP contribution in [0.5, 0.6) is 0 Å². The molecule has 0 radical (unpaired) electrons. The van der Waals surface area contributed by atoms with Crippen molar-refractivity contribution < 1.29 is 0 Å². The summed E-state index contributed by atoms with van der Waals surface area (Å²) in [6, 6.07) is 7.16. The summed E-state index contributed by atoms with van der Waals surface area (Å²) in [6.45, 7) is 6.95. The van der Waals surface area contributed by atoms with Gasteiger partial charge in [-0.3, -0.25) is 0 Å². The Morgan fingerprint density at radius 3 is 2.67 bits per heavy atom. The molecule has 0 aromatic heterocycles. The van der Waals surface area contributed by atoms with Crippen molar-refractivity contribution in [3.63, 3.8) is 0 Å². The number of aryl methyl sites for hydroxylation is 1. The fourth-order valence-corrected chi connectivity index (χ4v) is 3.44. The maximum absolute atomic E-state index is 2.42. The fourth-order valence-electron chi connectivity index (χ4n) is 2.84. The number of hydrogen-bond acceptors (Lipinski definition) is 0. The van der Waals surface area contributed by atoms with E-state index in [1.807, 2.05) is 0 Å². The minimum Gasteiger partial charge on any atom is -0.0662 e. The van der Waals surface area contributed by atoms with E-state index >= 15 is 0 Å². The average Bonchev–Trinajstić information content (AvgIpc) is 2.56. The molecule has 0 amide bonds. The zero-order chi connectivity index (χ0) is 13.2. The summed E-state index contributed by atoms with van der Waals surface area (Å²) < 4.78 is 0. The van der Waals surface area contributed by atoms with Gasteiger partial charge in [-0.25, -0.2) is 0 Å². The number of unbranched alkanes of at least 4 members (excludes halogenated alkanes) is 3. The molecule has 0 fully saturated rings. The SMILES string of the molecule is CCCCCCc1ccc2c(c1)C=C(C)C2(C)[SiH3]. The van der Waals surface area contributed by atoms with Crippen LogP contribution in [0.15, 0.2) is 23.8 Å². The highest BCUT2D eigenvalue weighted by atomic mass is 28.1. The van der Waals surface area contributed by atoms with Gasteiger partial charge in [0, 0.05) is 10.2 Å². The smallest absolute Gasteiger partial charge is 0.0210 e. The molecule has 1 aliphatic rings. The second-order valence-electron chi connectivity index (χ2n) is 6.18. The summed E-state index contributed by atoms with van der Waals surface area (Å²) in [7, 11) is 1.21. The van der Waals surface area contributed by atoms with Crippen LogP contribution in [-0.4, -0.2) is 10.2 Å². The molecule has 1 aromatic carbocycles. The number of rotatable bonds is 5. The second kappa shape index (κ2) is 5.44. The normalized spacial score (nSPS) is 22.1. The van der Waals surface area contributed by atoms with Crippen molar-refractivity contribution in [1.82, 2.24) is 0 Å². The van der Waals surface area contributed by atoms with Crippen molar-refractivity contribution in [3.05, 3.63) is 40.5 Å². The molecule has 1 unspecified atom stereocenters.